The smallest absolute Gasteiger partial charge is 0.0198 e. The standard InChI is InChI=1S/C17H34N2/c1-5-6-15-9-16(18-10-13(2)3)12-19(11-15)17-7-14(4)8-17/h13-18H,5-12H2,1-4H3. The summed E-state index contributed by atoms with van der Waals surface area (Å²) in [4.78, 5) is 2.81. The van der Waals surface area contributed by atoms with Gasteiger partial charge in [0.05, 0.1) is 0 Å². The molecule has 1 N–H and O–H groups in total. The lowest BCUT2D eigenvalue weighted by Crippen LogP contribution is -2.55. The molecule has 0 radical (unpaired) electrons. The summed E-state index contributed by atoms with van der Waals surface area (Å²) in [6, 6.07) is 1.64. The SMILES string of the molecule is CCCC1CC(NCC(C)C)CN(C2CC(C)C2)C1. The third-order valence-electron chi connectivity index (χ3n) is 4.94. The Kier molecular flexibility index (Phi) is 5.70. The topological polar surface area (TPSA) is 15.3 Å². The molecule has 1 saturated heterocycles. The fourth-order valence-corrected chi connectivity index (χ4v) is 3.86. The van der Waals surface area contributed by atoms with Crippen LogP contribution in [-0.4, -0.2) is 36.6 Å². The zero-order valence-corrected chi connectivity index (χ0v) is 13.5. The molecule has 2 aliphatic rings. The quantitative estimate of drug-likeness (QED) is 0.791. The Bertz CT molecular complexity index is 258. The second-order valence-corrected chi connectivity index (χ2v) is 7.57. The van der Waals surface area contributed by atoms with Gasteiger partial charge in [0.2, 0.25) is 0 Å². The first kappa shape index (κ1) is 15.3. The van der Waals surface area contributed by atoms with Crippen LogP contribution in [0, 0.1) is 17.8 Å². The Balaban J connectivity index is 1.85. The monoisotopic (exact) mass is 266 g/mol. The summed E-state index contributed by atoms with van der Waals surface area (Å²) in [5.74, 6) is 2.67. The molecule has 2 heteroatoms. The van der Waals surface area contributed by atoms with Crippen molar-refractivity contribution in [3.05, 3.63) is 0 Å². The second-order valence-electron chi connectivity index (χ2n) is 7.57. The molecule has 0 bridgehead atoms. The van der Waals surface area contributed by atoms with Gasteiger partial charge in [-0.3, -0.25) is 4.90 Å². The van der Waals surface area contributed by atoms with Gasteiger partial charge in [-0.25, -0.2) is 0 Å². The van der Waals surface area contributed by atoms with Crippen LogP contribution < -0.4 is 5.32 Å². The van der Waals surface area contributed by atoms with Crippen LogP contribution >= 0.6 is 0 Å². The molecule has 0 spiro atoms. The van der Waals surface area contributed by atoms with E-state index < -0.39 is 0 Å². The fraction of sp³-hybridized carbons (Fsp3) is 1.00. The summed E-state index contributed by atoms with van der Waals surface area (Å²) >= 11 is 0. The van der Waals surface area contributed by atoms with Gasteiger partial charge in [-0.1, -0.05) is 34.1 Å². The number of rotatable bonds is 6. The molecule has 1 heterocycles. The van der Waals surface area contributed by atoms with E-state index in [-0.39, 0.29) is 0 Å². The third-order valence-corrected chi connectivity index (χ3v) is 4.94. The van der Waals surface area contributed by atoms with Crippen LogP contribution in [0.25, 0.3) is 0 Å². The van der Waals surface area contributed by atoms with E-state index in [1.807, 2.05) is 0 Å². The maximum absolute atomic E-state index is 3.81. The highest BCUT2D eigenvalue weighted by Crippen LogP contribution is 2.34. The maximum atomic E-state index is 3.81. The minimum atomic E-state index is 0.739. The Labute approximate surface area is 120 Å². The molecule has 1 aliphatic carbocycles. The molecule has 2 unspecified atom stereocenters. The van der Waals surface area contributed by atoms with Gasteiger partial charge in [0.1, 0.15) is 0 Å². The van der Waals surface area contributed by atoms with Crippen LogP contribution in [0.1, 0.15) is 59.8 Å². The Hall–Kier alpha value is -0.0800. The van der Waals surface area contributed by atoms with E-state index in [9.17, 15) is 0 Å². The number of likely N-dealkylation sites (tertiary alicyclic amines) is 1. The molecular formula is C17H34N2. The van der Waals surface area contributed by atoms with E-state index in [0.717, 1.165) is 29.8 Å². The molecule has 0 aromatic heterocycles. The number of nitrogens with one attached hydrogen (secondary N) is 1. The van der Waals surface area contributed by atoms with Crippen LogP contribution in [-0.2, 0) is 0 Å². The zero-order valence-electron chi connectivity index (χ0n) is 13.5. The highest BCUT2D eigenvalue weighted by Gasteiger charge is 2.36. The molecule has 0 amide bonds. The van der Waals surface area contributed by atoms with Crippen molar-refractivity contribution in [2.24, 2.45) is 17.8 Å². The lowest BCUT2D eigenvalue weighted by molar-refractivity contribution is 0.0314. The van der Waals surface area contributed by atoms with Gasteiger partial charge in [0, 0.05) is 25.2 Å². The number of nitrogens with zero attached hydrogens (tertiary/aromatic N) is 1. The van der Waals surface area contributed by atoms with Crippen LogP contribution in [0.5, 0.6) is 0 Å². The summed E-state index contributed by atoms with van der Waals surface area (Å²) in [5.41, 5.74) is 0. The third kappa shape index (κ3) is 4.46. The van der Waals surface area contributed by atoms with Crippen molar-refractivity contribution < 1.29 is 0 Å². The van der Waals surface area contributed by atoms with Crippen LogP contribution in [0.3, 0.4) is 0 Å². The van der Waals surface area contributed by atoms with E-state index in [1.54, 1.807) is 0 Å². The van der Waals surface area contributed by atoms with E-state index in [0.29, 0.717) is 0 Å². The van der Waals surface area contributed by atoms with Crippen LogP contribution in [0.4, 0.5) is 0 Å². The lowest BCUT2D eigenvalue weighted by Gasteiger charge is -2.48. The van der Waals surface area contributed by atoms with Gasteiger partial charge < -0.3 is 5.32 Å². The van der Waals surface area contributed by atoms with Crippen LogP contribution in [0.15, 0.2) is 0 Å². The molecule has 2 nitrogen and oxygen atoms in total. The van der Waals surface area contributed by atoms with Gasteiger partial charge in [-0.2, -0.15) is 0 Å². The second kappa shape index (κ2) is 7.08. The molecule has 19 heavy (non-hydrogen) atoms. The minimum absolute atomic E-state index is 0.739. The summed E-state index contributed by atoms with van der Waals surface area (Å²) in [7, 11) is 0. The van der Waals surface area contributed by atoms with Crippen molar-refractivity contribution in [1.82, 2.24) is 10.2 Å². The number of hydrogen-bond donors (Lipinski definition) is 1. The van der Waals surface area contributed by atoms with E-state index >= 15 is 0 Å². The maximum Gasteiger partial charge on any atom is 0.0198 e. The Morgan fingerprint density at radius 3 is 2.47 bits per heavy atom. The molecule has 0 aromatic rings. The van der Waals surface area contributed by atoms with Crippen molar-refractivity contribution in [2.75, 3.05) is 19.6 Å². The van der Waals surface area contributed by atoms with Crippen molar-refractivity contribution in [2.45, 2.75) is 71.9 Å². The number of hydrogen-bond acceptors (Lipinski definition) is 2. The predicted octanol–water partition coefficient (Wildman–Crippen LogP) is 3.52. The van der Waals surface area contributed by atoms with E-state index in [2.05, 4.69) is 37.9 Å². The summed E-state index contributed by atoms with van der Waals surface area (Å²) < 4.78 is 0. The van der Waals surface area contributed by atoms with Crippen molar-refractivity contribution >= 4 is 0 Å². The lowest BCUT2D eigenvalue weighted by atomic mass is 9.78. The zero-order chi connectivity index (χ0) is 13.8. The molecule has 1 aliphatic heterocycles. The van der Waals surface area contributed by atoms with E-state index in [4.69, 9.17) is 0 Å². The molecule has 1 saturated carbocycles. The van der Waals surface area contributed by atoms with Gasteiger partial charge in [-0.05, 0) is 50.0 Å². The molecule has 0 aromatic carbocycles. The highest BCUT2D eigenvalue weighted by molar-refractivity contribution is 4.92. The Morgan fingerprint density at radius 2 is 1.89 bits per heavy atom. The summed E-state index contributed by atoms with van der Waals surface area (Å²) in [6.07, 6.45) is 7.04. The van der Waals surface area contributed by atoms with Gasteiger partial charge in [0.25, 0.3) is 0 Å². The summed E-state index contributed by atoms with van der Waals surface area (Å²) in [5, 5.41) is 3.81. The first-order chi connectivity index (χ1) is 9.08. The first-order valence-corrected chi connectivity index (χ1v) is 8.55. The average molecular weight is 266 g/mol. The van der Waals surface area contributed by atoms with Gasteiger partial charge in [-0.15, -0.1) is 0 Å². The fourth-order valence-electron chi connectivity index (χ4n) is 3.86. The minimum Gasteiger partial charge on any atom is -0.312 e. The van der Waals surface area contributed by atoms with Crippen LogP contribution in [0.2, 0.25) is 0 Å². The number of piperidine rings is 1. The Morgan fingerprint density at radius 1 is 1.16 bits per heavy atom. The molecule has 112 valence electrons. The summed E-state index contributed by atoms with van der Waals surface area (Å²) in [6.45, 7) is 13.2. The molecule has 2 rings (SSSR count). The first-order valence-electron chi connectivity index (χ1n) is 8.55. The van der Waals surface area contributed by atoms with Gasteiger partial charge in [0.15, 0.2) is 0 Å². The molecular weight excluding hydrogens is 232 g/mol. The molecule has 2 atom stereocenters. The van der Waals surface area contributed by atoms with E-state index in [1.165, 1.54) is 51.7 Å². The largest absolute Gasteiger partial charge is 0.312 e. The van der Waals surface area contributed by atoms with Crippen molar-refractivity contribution in [3.63, 3.8) is 0 Å². The molecule has 2 fully saturated rings. The van der Waals surface area contributed by atoms with Gasteiger partial charge >= 0.3 is 0 Å². The highest BCUT2D eigenvalue weighted by atomic mass is 15.2. The van der Waals surface area contributed by atoms with Crippen molar-refractivity contribution in [1.29, 1.82) is 0 Å². The average Bonchev–Trinajstić information content (AvgIpc) is 2.33. The normalized spacial score (nSPS) is 36.5. The van der Waals surface area contributed by atoms with Crippen molar-refractivity contribution in [3.8, 4) is 0 Å². The predicted molar refractivity (Wildman–Crippen MR) is 83.4 cm³/mol.